The minimum atomic E-state index is -3.52. The molecule has 0 amide bonds. The van der Waals surface area contributed by atoms with E-state index in [4.69, 9.17) is 16.3 Å². The molecule has 7 nitrogen and oxygen atoms in total. The molecule has 0 saturated heterocycles. The number of hydrogen-bond acceptors (Lipinski definition) is 7. The van der Waals surface area contributed by atoms with Crippen LogP contribution in [-0.4, -0.2) is 36.3 Å². The van der Waals surface area contributed by atoms with Crippen molar-refractivity contribution >= 4 is 43.1 Å². The molecule has 25 heavy (non-hydrogen) atoms. The second-order valence-electron chi connectivity index (χ2n) is 5.50. The third-order valence-corrected chi connectivity index (χ3v) is 6.57. The predicted molar refractivity (Wildman–Crippen MR) is 97.5 cm³/mol. The lowest BCUT2D eigenvalue weighted by molar-refractivity contribution is 0.415. The number of fused-ring (bicyclic) bond motifs is 1. The number of halogens is 1. The summed E-state index contributed by atoms with van der Waals surface area (Å²) in [5, 5.41) is 0.497. The Labute approximate surface area is 152 Å². The highest BCUT2D eigenvalue weighted by molar-refractivity contribution is 7.92. The summed E-state index contributed by atoms with van der Waals surface area (Å²) in [5.41, 5.74) is 1.09. The first-order valence-electron chi connectivity index (χ1n) is 7.05. The highest BCUT2D eigenvalue weighted by atomic mass is 35.5. The van der Waals surface area contributed by atoms with E-state index in [2.05, 4.69) is 9.97 Å². The van der Waals surface area contributed by atoms with Crippen LogP contribution in [0.25, 0.3) is 21.7 Å². The minimum absolute atomic E-state index is 0.0972. The van der Waals surface area contributed by atoms with Crippen LogP contribution in [0, 0.1) is 6.92 Å². The normalized spacial score (nSPS) is 11.9. The summed E-state index contributed by atoms with van der Waals surface area (Å²) >= 11 is 6.88. The van der Waals surface area contributed by atoms with Gasteiger partial charge in [-0.05, 0) is 24.6 Å². The zero-order valence-electron chi connectivity index (χ0n) is 13.8. The van der Waals surface area contributed by atoms with Crippen LogP contribution >= 0.6 is 22.9 Å². The van der Waals surface area contributed by atoms with Gasteiger partial charge in [0.15, 0.2) is 5.65 Å². The van der Waals surface area contributed by atoms with Crippen molar-refractivity contribution in [2.24, 2.45) is 7.05 Å². The van der Waals surface area contributed by atoms with Crippen molar-refractivity contribution in [1.29, 1.82) is 0 Å². The molecule has 0 atom stereocenters. The molecule has 3 rings (SSSR count). The van der Waals surface area contributed by atoms with E-state index in [1.165, 1.54) is 11.7 Å². The Morgan fingerprint density at radius 3 is 2.56 bits per heavy atom. The largest absolute Gasteiger partial charge is 0.496 e. The molecule has 0 aliphatic rings. The lowest BCUT2D eigenvalue weighted by Gasteiger charge is -2.14. The number of thiazole rings is 1. The number of rotatable bonds is 3. The molecule has 1 aromatic carbocycles. The molecule has 0 N–H and O–H groups in total. The van der Waals surface area contributed by atoms with Gasteiger partial charge in [0.2, 0.25) is 14.2 Å². The average molecular weight is 400 g/mol. The Morgan fingerprint density at radius 1 is 1.28 bits per heavy atom. The second kappa shape index (κ2) is 6.08. The number of sulfone groups is 1. The Morgan fingerprint density at radius 2 is 1.96 bits per heavy atom. The quantitative estimate of drug-likeness (QED) is 0.671. The van der Waals surface area contributed by atoms with Gasteiger partial charge >= 0.3 is 0 Å². The van der Waals surface area contributed by atoms with E-state index in [-0.39, 0.29) is 20.2 Å². The fourth-order valence-electron chi connectivity index (χ4n) is 2.47. The van der Waals surface area contributed by atoms with Gasteiger partial charge in [-0.25, -0.2) is 18.4 Å². The molecule has 0 spiro atoms. The topological polar surface area (TPSA) is 91.2 Å². The Bertz CT molecular complexity index is 1170. The SMILES string of the molecule is COc1cc(Cl)cc(C)c1-c1nc2nc(S(C)(=O)=O)sc2c(=O)n1C. The third kappa shape index (κ3) is 3.03. The molecular formula is C15H14ClN3O4S2. The number of hydrogen-bond donors (Lipinski definition) is 0. The van der Waals surface area contributed by atoms with Crippen molar-refractivity contribution < 1.29 is 13.2 Å². The van der Waals surface area contributed by atoms with E-state index in [0.29, 0.717) is 22.2 Å². The van der Waals surface area contributed by atoms with Crippen molar-refractivity contribution in [3.05, 3.63) is 33.1 Å². The Kier molecular flexibility index (Phi) is 4.34. The van der Waals surface area contributed by atoms with Crippen LogP contribution in [0.1, 0.15) is 5.56 Å². The smallest absolute Gasteiger partial charge is 0.273 e. The van der Waals surface area contributed by atoms with Crippen LogP contribution < -0.4 is 10.3 Å². The summed E-state index contributed by atoms with van der Waals surface area (Å²) < 4.78 is 30.2. The Balaban J connectivity index is 2.40. The summed E-state index contributed by atoms with van der Waals surface area (Å²) in [5.74, 6) is 0.791. The molecule has 2 heterocycles. The molecule has 0 aliphatic heterocycles. The van der Waals surface area contributed by atoms with Gasteiger partial charge in [0.05, 0.1) is 12.7 Å². The standard InChI is InChI=1S/C15H14ClN3O4S2/c1-7-5-8(16)6-9(23-3)10(7)13-17-12-11(14(20)19(13)2)24-15(18-12)25(4,21)22/h5-6H,1-4H3. The molecule has 10 heteroatoms. The summed E-state index contributed by atoms with van der Waals surface area (Å²) in [7, 11) is -0.458. The summed E-state index contributed by atoms with van der Waals surface area (Å²) in [4.78, 5) is 21.1. The van der Waals surface area contributed by atoms with Crippen LogP contribution in [0.3, 0.4) is 0 Å². The van der Waals surface area contributed by atoms with Crippen LogP contribution in [0.15, 0.2) is 21.3 Å². The van der Waals surface area contributed by atoms with Crippen molar-refractivity contribution in [3.8, 4) is 17.1 Å². The van der Waals surface area contributed by atoms with Gasteiger partial charge in [-0.3, -0.25) is 9.36 Å². The van der Waals surface area contributed by atoms with Crippen LogP contribution in [0.4, 0.5) is 0 Å². The van der Waals surface area contributed by atoms with Gasteiger partial charge in [-0.15, -0.1) is 0 Å². The first kappa shape index (κ1) is 17.8. The molecule has 0 unspecified atom stereocenters. The Hall–Kier alpha value is -1.97. The number of methoxy groups -OCH3 is 1. The minimum Gasteiger partial charge on any atom is -0.496 e. The van der Waals surface area contributed by atoms with E-state index < -0.39 is 9.84 Å². The molecular weight excluding hydrogens is 386 g/mol. The lowest BCUT2D eigenvalue weighted by Crippen LogP contribution is -2.20. The van der Waals surface area contributed by atoms with Gasteiger partial charge in [-0.2, -0.15) is 0 Å². The number of ether oxygens (including phenoxy) is 1. The highest BCUT2D eigenvalue weighted by Gasteiger charge is 2.22. The molecule has 0 bridgehead atoms. The average Bonchev–Trinajstić information content (AvgIpc) is 2.95. The molecule has 132 valence electrons. The lowest BCUT2D eigenvalue weighted by atomic mass is 10.1. The number of nitrogens with zero attached hydrogens (tertiary/aromatic N) is 3. The third-order valence-electron chi connectivity index (χ3n) is 3.64. The number of aromatic nitrogens is 3. The van der Waals surface area contributed by atoms with E-state index in [1.807, 2.05) is 6.92 Å². The molecule has 0 radical (unpaired) electrons. The van der Waals surface area contributed by atoms with Crippen molar-refractivity contribution in [2.45, 2.75) is 11.3 Å². The van der Waals surface area contributed by atoms with Gasteiger partial charge in [0.1, 0.15) is 16.3 Å². The maximum absolute atomic E-state index is 12.7. The zero-order chi connectivity index (χ0) is 18.5. The van der Waals surface area contributed by atoms with Crippen LogP contribution in [-0.2, 0) is 16.9 Å². The van der Waals surface area contributed by atoms with Crippen LogP contribution in [0.2, 0.25) is 5.02 Å². The van der Waals surface area contributed by atoms with E-state index in [0.717, 1.165) is 23.2 Å². The maximum atomic E-state index is 12.7. The monoisotopic (exact) mass is 399 g/mol. The second-order valence-corrected chi connectivity index (χ2v) is 9.13. The van der Waals surface area contributed by atoms with Gasteiger partial charge < -0.3 is 4.74 Å². The summed E-state index contributed by atoms with van der Waals surface area (Å²) in [6.07, 6.45) is 1.04. The molecule has 0 aliphatic carbocycles. The van der Waals surface area contributed by atoms with E-state index >= 15 is 0 Å². The fourth-order valence-corrected chi connectivity index (χ4v) is 4.56. The van der Waals surface area contributed by atoms with Crippen LogP contribution in [0.5, 0.6) is 5.75 Å². The molecule has 0 saturated carbocycles. The highest BCUT2D eigenvalue weighted by Crippen LogP contribution is 2.35. The predicted octanol–water partition coefficient (Wildman–Crippen LogP) is 2.43. The first-order chi connectivity index (χ1) is 11.6. The number of benzene rings is 1. The van der Waals surface area contributed by atoms with Gasteiger partial charge in [0.25, 0.3) is 5.56 Å². The van der Waals surface area contributed by atoms with E-state index in [9.17, 15) is 13.2 Å². The molecule has 0 fully saturated rings. The fraction of sp³-hybridized carbons (Fsp3) is 0.267. The van der Waals surface area contributed by atoms with Gasteiger partial charge in [0, 0.05) is 18.3 Å². The van der Waals surface area contributed by atoms with Crippen molar-refractivity contribution in [2.75, 3.05) is 13.4 Å². The van der Waals surface area contributed by atoms with Crippen molar-refractivity contribution in [1.82, 2.24) is 14.5 Å². The molecule has 2 aromatic heterocycles. The maximum Gasteiger partial charge on any atom is 0.273 e. The molecule has 3 aromatic rings. The van der Waals surface area contributed by atoms with Crippen molar-refractivity contribution in [3.63, 3.8) is 0 Å². The zero-order valence-corrected chi connectivity index (χ0v) is 16.2. The van der Waals surface area contributed by atoms with Gasteiger partial charge in [-0.1, -0.05) is 22.9 Å². The summed E-state index contributed by atoms with van der Waals surface area (Å²) in [6.45, 7) is 1.82. The number of aryl methyl sites for hydroxylation is 1. The summed E-state index contributed by atoms with van der Waals surface area (Å²) in [6, 6.07) is 3.36. The first-order valence-corrected chi connectivity index (χ1v) is 10.1. The van der Waals surface area contributed by atoms with E-state index in [1.54, 1.807) is 19.2 Å².